The summed E-state index contributed by atoms with van der Waals surface area (Å²) in [5, 5.41) is 3.35. The molecule has 1 fully saturated rings. The van der Waals surface area contributed by atoms with Gasteiger partial charge in [-0.3, -0.25) is 4.79 Å². The van der Waals surface area contributed by atoms with Crippen molar-refractivity contribution >= 4 is 11.6 Å². The molecule has 3 rings (SSSR count). The van der Waals surface area contributed by atoms with E-state index in [0.717, 1.165) is 18.1 Å². The standard InChI is InChI=1S/C19H26N4O/c1-14(24)17(12-16-8-4-3-5-9-16)22-18-13-19(21-15(2)20-18)23-10-6-7-11-23/h6-7,10-11,13,16-17H,3-5,8-9,12H2,1-2H3,(H,20,21,22)/t17-/m1/s1. The Morgan fingerprint density at radius 2 is 1.96 bits per heavy atom. The van der Waals surface area contributed by atoms with Crippen LogP contribution in [0.15, 0.2) is 30.6 Å². The molecule has 128 valence electrons. The largest absolute Gasteiger partial charge is 0.360 e. The Bertz CT molecular complexity index is 675. The molecule has 1 aliphatic rings. The monoisotopic (exact) mass is 326 g/mol. The maximum atomic E-state index is 12.1. The van der Waals surface area contributed by atoms with Crippen molar-refractivity contribution in [1.82, 2.24) is 14.5 Å². The highest BCUT2D eigenvalue weighted by atomic mass is 16.1. The maximum Gasteiger partial charge on any atom is 0.152 e. The molecule has 2 aromatic rings. The second-order valence-electron chi connectivity index (χ2n) is 6.80. The zero-order valence-electron chi connectivity index (χ0n) is 14.5. The van der Waals surface area contributed by atoms with Gasteiger partial charge in [-0.1, -0.05) is 32.1 Å². The number of rotatable bonds is 6. The Morgan fingerprint density at radius 1 is 1.25 bits per heavy atom. The van der Waals surface area contributed by atoms with Gasteiger partial charge in [-0.15, -0.1) is 0 Å². The number of aromatic nitrogens is 3. The van der Waals surface area contributed by atoms with Crippen LogP contribution >= 0.6 is 0 Å². The fraction of sp³-hybridized carbons (Fsp3) is 0.526. The van der Waals surface area contributed by atoms with Crippen LogP contribution in [0.1, 0.15) is 51.3 Å². The van der Waals surface area contributed by atoms with Crippen molar-refractivity contribution in [2.45, 2.75) is 58.4 Å². The molecule has 2 aromatic heterocycles. The van der Waals surface area contributed by atoms with Gasteiger partial charge in [0.2, 0.25) is 0 Å². The van der Waals surface area contributed by atoms with Crippen molar-refractivity contribution in [2.24, 2.45) is 5.92 Å². The SMILES string of the molecule is CC(=O)[C@@H](CC1CCCCC1)Nc1cc(-n2cccc2)nc(C)n1. The average Bonchev–Trinajstić information content (AvgIpc) is 3.09. The van der Waals surface area contributed by atoms with E-state index in [9.17, 15) is 4.79 Å². The number of carbonyl (C=O) groups is 1. The lowest BCUT2D eigenvalue weighted by molar-refractivity contribution is -0.118. The molecule has 0 unspecified atom stereocenters. The summed E-state index contributed by atoms with van der Waals surface area (Å²) in [7, 11) is 0. The third-order valence-electron chi connectivity index (χ3n) is 4.80. The Balaban J connectivity index is 1.75. The van der Waals surface area contributed by atoms with E-state index in [0.29, 0.717) is 11.7 Å². The highest BCUT2D eigenvalue weighted by Crippen LogP contribution is 2.28. The molecule has 0 bridgehead atoms. The minimum absolute atomic E-state index is 0.167. The zero-order valence-corrected chi connectivity index (χ0v) is 14.5. The lowest BCUT2D eigenvalue weighted by atomic mass is 9.84. The number of aryl methyl sites for hydroxylation is 1. The molecule has 0 radical (unpaired) electrons. The first-order valence-electron chi connectivity index (χ1n) is 8.88. The van der Waals surface area contributed by atoms with Crippen molar-refractivity contribution in [3.8, 4) is 5.82 Å². The second kappa shape index (κ2) is 7.60. The minimum atomic E-state index is -0.167. The van der Waals surface area contributed by atoms with Crippen LogP contribution in [0.4, 0.5) is 5.82 Å². The minimum Gasteiger partial charge on any atom is -0.360 e. The number of hydrogen-bond donors (Lipinski definition) is 1. The molecule has 1 aliphatic carbocycles. The number of nitrogens with zero attached hydrogens (tertiary/aromatic N) is 3. The van der Waals surface area contributed by atoms with E-state index < -0.39 is 0 Å². The van der Waals surface area contributed by atoms with Gasteiger partial charge in [0.15, 0.2) is 5.78 Å². The van der Waals surface area contributed by atoms with Crippen molar-refractivity contribution in [3.05, 3.63) is 36.4 Å². The number of hydrogen-bond acceptors (Lipinski definition) is 4. The van der Waals surface area contributed by atoms with Crippen molar-refractivity contribution in [2.75, 3.05) is 5.32 Å². The number of ketones is 1. The second-order valence-corrected chi connectivity index (χ2v) is 6.80. The smallest absolute Gasteiger partial charge is 0.152 e. The summed E-state index contributed by atoms with van der Waals surface area (Å²) in [5.74, 6) is 3.06. The van der Waals surface area contributed by atoms with Crippen LogP contribution in [-0.2, 0) is 4.79 Å². The lowest BCUT2D eigenvalue weighted by Gasteiger charge is -2.26. The van der Waals surface area contributed by atoms with Gasteiger partial charge >= 0.3 is 0 Å². The van der Waals surface area contributed by atoms with Crippen LogP contribution in [0.2, 0.25) is 0 Å². The van der Waals surface area contributed by atoms with Gasteiger partial charge in [0, 0.05) is 18.5 Å². The van der Waals surface area contributed by atoms with Crippen LogP contribution in [0.5, 0.6) is 0 Å². The topological polar surface area (TPSA) is 59.8 Å². The molecule has 5 nitrogen and oxygen atoms in total. The van der Waals surface area contributed by atoms with E-state index in [2.05, 4.69) is 15.3 Å². The van der Waals surface area contributed by atoms with Gasteiger partial charge in [-0.2, -0.15) is 0 Å². The fourth-order valence-electron chi connectivity index (χ4n) is 3.51. The van der Waals surface area contributed by atoms with Crippen LogP contribution in [0, 0.1) is 12.8 Å². The van der Waals surface area contributed by atoms with E-state index in [1.54, 1.807) is 6.92 Å². The van der Waals surface area contributed by atoms with Gasteiger partial charge < -0.3 is 9.88 Å². The number of Topliss-reactive ketones (excluding diaryl/α,β-unsaturated/α-hetero) is 1. The van der Waals surface area contributed by atoms with Crippen LogP contribution in [-0.4, -0.2) is 26.4 Å². The van der Waals surface area contributed by atoms with Gasteiger partial charge in [0.05, 0.1) is 6.04 Å². The lowest BCUT2D eigenvalue weighted by Crippen LogP contribution is -2.31. The Morgan fingerprint density at radius 3 is 2.62 bits per heavy atom. The van der Waals surface area contributed by atoms with E-state index in [1.807, 2.05) is 42.1 Å². The third-order valence-corrected chi connectivity index (χ3v) is 4.80. The third kappa shape index (κ3) is 4.22. The molecule has 1 saturated carbocycles. The molecule has 0 aliphatic heterocycles. The summed E-state index contributed by atoms with van der Waals surface area (Å²) in [6.07, 6.45) is 11.2. The molecule has 0 aromatic carbocycles. The predicted molar refractivity (Wildman–Crippen MR) is 95.4 cm³/mol. The fourth-order valence-corrected chi connectivity index (χ4v) is 3.51. The van der Waals surface area contributed by atoms with E-state index in [1.165, 1.54) is 32.1 Å². The molecular weight excluding hydrogens is 300 g/mol. The Hall–Kier alpha value is -2.17. The molecule has 1 N–H and O–H groups in total. The molecule has 5 heteroatoms. The summed E-state index contributed by atoms with van der Waals surface area (Å²) in [6, 6.07) is 5.67. The van der Waals surface area contributed by atoms with E-state index in [4.69, 9.17) is 0 Å². The molecule has 24 heavy (non-hydrogen) atoms. The molecule has 1 atom stereocenters. The first kappa shape index (κ1) is 16.7. The summed E-state index contributed by atoms with van der Waals surface area (Å²) in [4.78, 5) is 21.1. The highest BCUT2D eigenvalue weighted by molar-refractivity contribution is 5.84. The average molecular weight is 326 g/mol. The number of anilines is 1. The van der Waals surface area contributed by atoms with Gasteiger partial charge in [0.25, 0.3) is 0 Å². The molecule has 0 spiro atoms. The van der Waals surface area contributed by atoms with Crippen molar-refractivity contribution in [1.29, 1.82) is 0 Å². The predicted octanol–water partition coefficient (Wildman–Crippen LogP) is 3.92. The quantitative estimate of drug-likeness (QED) is 0.874. The van der Waals surface area contributed by atoms with Crippen molar-refractivity contribution in [3.63, 3.8) is 0 Å². The Labute approximate surface area is 143 Å². The Kier molecular flexibility index (Phi) is 5.28. The number of nitrogens with one attached hydrogen (secondary N) is 1. The molecule has 0 amide bonds. The summed E-state index contributed by atoms with van der Waals surface area (Å²) < 4.78 is 1.95. The van der Waals surface area contributed by atoms with Crippen LogP contribution in [0.3, 0.4) is 0 Å². The maximum absolute atomic E-state index is 12.1. The first-order chi connectivity index (χ1) is 11.6. The first-order valence-corrected chi connectivity index (χ1v) is 8.88. The molecule has 0 saturated heterocycles. The van der Waals surface area contributed by atoms with Crippen molar-refractivity contribution < 1.29 is 4.79 Å². The molecule has 2 heterocycles. The van der Waals surface area contributed by atoms with E-state index >= 15 is 0 Å². The van der Waals surface area contributed by atoms with Gasteiger partial charge in [0.1, 0.15) is 17.5 Å². The summed E-state index contributed by atoms with van der Waals surface area (Å²) in [6.45, 7) is 3.55. The van der Waals surface area contributed by atoms with Crippen LogP contribution < -0.4 is 5.32 Å². The summed E-state index contributed by atoms with van der Waals surface area (Å²) in [5.41, 5.74) is 0. The highest BCUT2D eigenvalue weighted by Gasteiger charge is 2.22. The van der Waals surface area contributed by atoms with Crippen LogP contribution in [0.25, 0.3) is 5.82 Å². The van der Waals surface area contributed by atoms with Gasteiger partial charge in [-0.05, 0) is 38.3 Å². The number of carbonyl (C=O) groups excluding carboxylic acids is 1. The van der Waals surface area contributed by atoms with Gasteiger partial charge in [-0.25, -0.2) is 9.97 Å². The summed E-state index contributed by atoms with van der Waals surface area (Å²) >= 11 is 0. The molecular formula is C19H26N4O. The van der Waals surface area contributed by atoms with E-state index in [-0.39, 0.29) is 11.8 Å². The zero-order chi connectivity index (χ0) is 16.9. The normalized spacial score (nSPS) is 16.8.